The van der Waals surface area contributed by atoms with E-state index in [-0.39, 0.29) is 12.1 Å². The average molecular weight is 360 g/mol. The van der Waals surface area contributed by atoms with E-state index >= 15 is 0 Å². The Morgan fingerprint density at radius 1 is 0.926 bits per heavy atom. The molecule has 3 aromatic carbocycles. The highest BCUT2D eigenvalue weighted by molar-refractivity contribution is 5.85. The van der Waals surface area contributed by atoms with Crippen LogP contribution in [0.5, 0.6) is 5.75 Å². The molecule has 0 bridgehead atoms. The molecule has 0 aromatic heterocycles. The summed E-state index contributed by atoms with van der Waals surface area (Å²) in [4.78, 5) is 12.4. The summed E-state index contributed by atoms with van der Waals surface area (Å²) in [5.74, 6) is 0.384. The van der Waals surface area contributed by atoms with Gasteiger partial charge in [0.25, 0.3) is 0 Å². The van der Waals surface area contributed by atoms with Crippen molar-refractivity contribution < 1.29 is 19.0 Å². The molecule has 2 atom stereocenters. The van der Waals surface area contributed by atoms with Gasteiger partial charge in [-0.3, -0.25) is 0 Å². The molecule has 0 saturated carbocycles. The van der Waals surface area contributed by atoms with E-state index in [2.05, 4.69) is 0 Å². The van der Waals surface area contributed by atoms with E-state index in [1.54, 1.807) is 0 Å². The van der Waals surface area contributed by atoms with Gasteiger partial charge in [0.05, 0.1) is 7.11 Å². The van der Waals surface area contributed by atoms with Crippen LogP contribution in [0.1, 0.15) is 22.8 Å². The van der Waals surface area contributed by atoms with Crippen LogP contribution in [-0.2, 0) is 26.5 Å². The van der Waals surface area contributed by atoms with E-state index in [0.29, 0.717) is 6.61 Å². The molecule has 3 aromatic rings. The normalized spacial score (nSPS) is 20.7. The summed E-state index contributed by atoms with van der Waals surface area (Å²) in [7, 11) is 1.38. The second-order valence-electron chi connectivity index (χ2n) is 6.43. The van der Waals surface area contributed by atoms with Gasteiger partial charge in [0.2, 0.25) is 5.60 Å². The zero-order chi connectivity index (χ0) is 18.7. The molecule has 1 saturated heterocycles. The molecule has 0 amide bonds. The highest BCUT2D eigenvalue weighted by atomic mass is 16.7. The number of hydrogen-bond donors (Lipinski definition) is 0. The monoisotopic (exact) mass is 360 g/mol. The third-order valence-electron chi connectivity index (χ3n) is 4.74. The lowest BCUT2D eigenvalue weighted by Crippen LogP contribution is -2.24. The van der Waals surface area contributed by atoms with Gasteiger partial charge in [-0.1, -0.05) is 72.8 Å². The smallest absolute Gasteiger partial charge is 0.346 e. The van der Waals surface area contributed by atoms with Crippen molar-refractivity contribution in [2.45, 2.75) is 18.3 Å². The molecule has 0 aliphatic carbocycles. The van der Waals surface area contributed by atoms with E-state index in [1.807, 2.05) is 84.9 Å². The Bertz CT molecular complexity index is 906. The van der Waals surface area contributed by atoms with Crippen LogP contribution in [0.25, 0.3) is 0 Å². The largest absolute Gasteiger partial charge is 0.489 e. The van der Waals surface area contributed by atoms with E-state index < -0.39 is 5.60 Å². The summed E-state index contributed by atoms with van der Waals surface area (Å²) in [6.45, 7) is 0.510. The lowest BCUT2D eigenvalue weighted by Gasteiger charge is -2.11. The van der Waals surface area contributed by atoms with E-state index in [9.17, 15) is 4.79 Å². The molecule has 27 heavy (non-hydrogen) atoms. The number of hydrogen-bond acceptors (Lipinski definition) is 4. The van der Waals surface area contributed by atoms with Crippen molar-refractivity contribution in [2.75, 3.05) is 7.11 Å². The first-order chi connectivity index (χ1) is 13.2. The van der Waals surface area contributed by atoms with Gasteiger partial charge in [0, 0.05) is 0 Å². The second-order valence-corrected chi connectivity index (χ2v) is 6.43. The fraction of sp³-hybridized carbons (Fsp3) is 0.174. The van der Waals surface area contributed by atoms with Gasteiger partial charge in [-0.2, -0.15) is 0 Å². The molecular weight excluding hydrogens is 340 g/mol. The second kappa shape index (κ2) is 7.25. The molecule has 0 unspecified atom stereocenters. The standard InChI is InChI=1S/C23H20O4/c1-25-22(24)23(19-10-6-3-7-11-19)21(27-23)18-12-14-20(15-13-18)26-16-17-8-4-2-5-9-17/h2-15,21H,16H2,1H3/t21-,23-/m0/s1. The maximum Gasteiger partial charge on any atom is 0.346 e. The molecule has 4 heteroatoms. The number of benzene rings is 3. The van der Waals surface area contributed by atoms with Gasteiger partial charge in [0.1, 0.15) is 18.5 Å². The van der Waals surface area contributed by atoms with Crippen molar-refractivity contribution in [3.63, 3.8) is 0 Å². The molecule has 4 nitrogen and oxygen atoms in total. The van der Waals surface area contributed by atoms with Crippen molar-refractivity contribution in [1.29, 1.82) is 0 Å². The van der Waals surface area contributed by atoms with Crippen LogP contribution >= 0.6 is 0 Å². The lowest BCUT2D eigenvalue weighted by molar-refractivity contribution is -0.147. The number of carbonyl (C=O) groups is 1. The number of ether oxygens (including phenoxy) is 3. The SMILES string of the molecule is COC(=O)[C@@]1(c2ccccc2)O[C@H]1c1ccc(OCc2ccccc2)cc1. The van der Waals surface area contributed by atoms with Gasteiger partial charge in [-0.15, -0.1) is 0 Å². The van der Waals surface area contributed by atoms with Crippen LogP contribution in [0.2, 0.25) is 0 Å². The summed E-state index contributed by atoms with van der Waals surface area (Å²) in [6.07, 6.45) is -0.365. The molecule has 1 fully saturated rings. The van der Waals surface area contributed by atoms with Crippen molar-refractivity contribution in [2.24, 2.45) is 0 Å². The van der Waals surface area contributed by atoms with Crippen LogP contribution in [0.15, 0.2) is 84.9 Å². The number of methoxy groups -OCH3 is 1. The predicted octanol–water partition coefficient (Wildman–Crippen LogP) is 4.41. The number of epoxide rings is 1. The van der Waals surface area contributed by atoms with Gasteiger partial charge in [0.15, 0.2) is 0 Å². The summed E-state index contributed by atoms with van der Waals surface area (Å²) < 4.78 is 16.7. The van der Waals surface area contributed by atoms with Gasteiger partial charge < -0.3 is 14.2 Å². The van der Waals surface area contributed by atoms with Crippen molar-refractivity contribution >= 4 is 5.97 Å². The Labute approximate surface area is 158 Å². The van der Waals surface area contributed by atoms with Crippen LogP contribution in [0.4, 0.5) is 0 Å². The minimum atomic E-state index is -1.07. The van der Waals surface area contributed by atoms with E-state index in [4.69, 9.17) is 14.2 Å². The highest BCUT2D eigenvalue weighted by Gasteiger charge is 2.65. The third kappa shape index (κ3) is 3.32. The molecule has 0 N–H and O–H groups in total. The summed E-state index contributed by atoms with van der Waals surface area (Å²) >= 11 is 0. The minimum Gasteiger partial charge on any atom is -0.489 e. The maximum atomic E-state index is 12.4. The molecular formula is C23H20O4. The first kappa shape index (κ1) is 17.3. The molecule has 1 heterocycles. The number of rotatable bonds is 6. The quantitative estimate of drug-likeness (QED) is 0.483. The zero-order valence-electron chi connectivity index (χ0n) is 15.0. The average Bonchev–Trinajstić information content (AvgIpc) is 3.50. The molecule has 0 radical (unpaired) electrons. The maximum absolute atomic E-state index is 12.4. The predicted molar refractivity (Wildman–Crippen MR) is 101 cm³/mol. The highest BCUT2D eigenvalue weighted by Crippen LogP contribution is 2.57. The molecule has 1 aliphatic rings. The summed E-state index contributed by atoms with van der Waals surface area (Å²) in [5.41, 5.74) is 1.76. The minimum absolute atomic E-state index is 0.365. The van der Waals surface area contributed by atoms with Gasteiger partial charge in [-0.05, 0) is 28.8 Å². The fourth-order valence-corrected chi connectivity index (χ4v) is 3.26. The van der Waals surface area contributed by atoms with E-state index in [0.717, 1.165) is 22.4 Å². The van der Waals surface area contributed by atoms with Gasteiger partial charge >= 0.3 is 5.97 Å². The van der Waals surface area contributed by atoms with Crippen LogP contribution in [0.3, 0.4) is 0 Å². The van der Waals surface area contributed by atoms with Crippen molar-refractivity contribution in [1.82, 2.24) is 0 Å². The summed E-state index contributed by atoms with van der Waals surface area (Å²) in [6, 6.07) is 27.1. The lowest BCUT2D eigenvalue weighted by atomic mass is 9.92. The Balaban J connectivity index is 1.50. The summed E-state index contributed by atoms with van der Waals surface area (Å²) in [5, 5.41) is 0. The molecule has 0 spiro atoms. The van der Waals surface area contributed by atoms with Crippen LogP contribution in [-0.4, -0.2) is 13.1 Å². The van der Waals surface area contributed by atoms with Crippen LogP contribution < -0.4 is 4.74 Å². The van der Waals surface area contributed by atoms with E-state index in [1.165, 1.54) is 7.11 Å². The first-order valence-electron chi connectivity index (χ1n) is 8.82. The Morgan fingerprint density at radius 2 is 1.56 bits per heavy atom. The van der Waals surface area contributed by atoms with Crippen LogP contribution in [0, 0.1) is 0 Å². The molecule has 136 valence electrons. The first-order valence-corrected chi connectivity index (χ1v) is 8.82. The third-order valence-corrected chi connectivity index (χ3v) is 4.74. The number of esters is 1. The molecule has 4 rings (SSSR count). The molecule has 1 aliphatic heterocycles. The van der Waals surface area contributed by atoms with Gasteiger partial charge in [-0.25, -0.2) is 4.79 Å². The zero-order valence-corrected chi connectivity index (χ0v) is 15.0. The van der Waals surface area contributed by atoms with Crippen molar-refractivity contribution in [3.8, 4) is 5.75 Å². The topological polar surface area (TPSA) is 48.1 Å². The number of carbonyl (C=O) groups excluding carboxylic acids is 1. The fourth-order valence-electron chi connectivity index (χ4n) is 3.26. The van der Waals surface area contributed by atoms with Crippen molar-refractivity contribution in [3.05, 3.63) is 102 Å². The Hall–Kier alpha value is -3.11. The Kier molecular flexibility index (Phi) is 4.65. The Morgan fingerprint density at radius 3 is 2.19 bits per heavy atom.